The number of imidazole rings is 1. The lowest BCUT2D eigenvalue weighted by molar-refractivity contribution is -0.0590. The number of nitrogens with zero attached hydrogens (tertiary/aromatic N) is 4. The van der Waals surface area contributed by atoms with Gasteiger partial charge >= 0.3 is 5.97 Å². The Hall–Kier alpha value is -3.81. The number of aromatic nitrogens is 3. The summed E-state index contributed by atoms with van der Waals surface area (Å²) in [6.07, 6.45) is 6.53. The van der Waals surface area contributed by atoms with Crippen LogP contribution in [0.25, 0.3) is 10.3 Å². The lowest BCUT2D eigenvalue weighted by atomic mass is 9.77. The van der Waals surface area contributed by atoms with Crippen LogP contribution in [0, 0.1) is 22.6 Å². The van der Waals surface area contributed by atoms with Gasteiger partial charge in [-0.25, -0.2) is 19.2 Å². The van der Waals surface area contributed by atoms with Gasteiger partial charge in [0.15, 0.2) is 0 Å². The molecule has 3 aliphatic rings. The first-order chi connectivity index (χ1) is 19.9. The van der Waals surface area contributed by atoms with E-state index in [1.54, 1.807) is 24.3 Å². The quantitative estimate of drug-likeness (QED) is 0.260. The minimum atomic E-state index is -0.910. The van der Waals surface area contributed by atoms with E-state index in [4.69, 9.17) is 24.7 Å². The lowest BCUT2D eigenvalue weighted by Crippen LogP contribution is -2.31. The van der Waals surface area contributed by atoms with Crippen molar-refractivity contribution in [2.75, 3.05) is 6.61 Å². The number of pyridine rings is 1. The Labute approximate surface area is 240 Å². The molecule has 41 heavy (non-hydrogen) atoms. The van der Waals surface area contributed by atoms with Crippen LogP contribution < -0.4 is 4.74 Å². The highest BCUT2D eigenvalue weighted by Crippen LogP contribution is 2.67. The molecule has 0 bridgehead atoms. The highest BCUT2D eigenvalue weighted by Gasteiger charge is 2.57. The van der Waals surface area contributed by atoms with Crippen LogP contribution in [0.5, 0.6) is 5.88 Å². The molecule has 8 nitrogen and oxygen atoms in total. The Morgan fingerprint density at radius 3 is 2.76 bits per heavy atom. The largest absolute Gasteiger partial charge is 0.477 e. The maximum absolute atomic E-state index is 14.3. The molecule has 4 heterocycles. The van der Waals surface area contributed by atoms with Gasteiger partial charge in [0.1, 0.15) is 28.0 Å². The topological polar surface area (TPSA) is 110 Å². The number of aromatic carboxylic acids is 1. The van der Waals surface area contributed by atoms with Crippen molar-refractivity contribution in [1.29, 1.82) is 5.26 Å². The summed E-state index contributed by atoms with van der Waals surface area (Å²) < 4.78 is 28.0. The van der Waals surface area contributed by atoms with Crippen LogP contribution in [0.3, 0.4) is 0 Å². The summed E-state index contributed by atoms with van der Waals surface area (Å²) >= 11 is 1.25. The van der Waals surface area contributed by atoms with Gasteiger partial charge in [0.05, 0.1) is 29.8 Å². The zero-order valence-electron chi connectivity index (χ0n) is 22.4. The number of hydrogen-bond acceptors (Lipinski definition) is 7. The molecular weight excluding hydrogens is 543 g/mol. The third-order valence-corrected chi connectivity index (χ3v) is 10.1. The number of benzene rings is 1. The number of carboxylic acids is 1. The summed E-state index contributed by atoms with van der Waals surface area (Å²) in [4.78, 5) is 22.4. The maximum atomic E-state index is 14.3. The van der Waals surface area contributed by atoms with Gasteiger partial charge in [-0.15, -0.1) is 11.3 Å². The van der Waals surface area contributed by atoms with E-state index in [1.807, 2.05) is 18.2 Å². The van der Waals surface area contributed by atoms with Gasteiger partial charge in [-0.1, -0.05) is 12.1 Å². The zero-order chi connectivity index (χ0) is 28.1. The normalized spacial score (nSPS) is 25.1. The van der Waals surface area contributed by atoms with E-state index in [0.29, 0.717) is 28.2 Å². The standard InChI is InChI=1S/C31H29FN4O4S/c32-23-12-18(15-33)4-5-20(23)17-40-27-3-1-2-24(34-27)19-6-9-31(10-7-19)14-22(31)28-35-29-25(13-26(41-29)30(37)38)36(28)16-21-8-11-39-21/h1-5,12-13,19,21-22H,6-11,14,16-17H2,(H,37,38). The number of carboxylic acid groups (broad SMARTS) is 1. The van der Waals surface area contributed by atoms with Crippen LogP contribution in [0.2, 0.25) is 0 Å². The van der Waals surface area contributed by atoms with Crippen molar-refractivity contribution in [2.24, 2.45) is 5.41 Å². The van der Waals surface area contributed by atoms with E-state index < -0.39 is 11.8 Å². The SMILES string of the molecule is N#Cc1ccc(COc2cccc(C3CCC4(CC3)CC4c3nc4sc(C(=O)O)cc4n3CC3CCO3)n2)c(F)c1. The number of hydrogen-bond donors (Lipinski definition) is 1. The van der Waals surface area contributed by atoms with Crippen LogP contribution in [0.4, 0.5) is 4.39 Å². The third-order valence-electron chi connectivity index (χ3n) is 9.07. The summed E-state index contributed by atoms with van der Waals surface area (Å²) in [7, 11) is 0. The summed E-state index contributed by atoms with van der Waals surface area (Å²) in [5, 5.41) is 18.4. The van der Waals surface area contributed by atoms with Crippen molar-refractivity contribution in [2.45, 2.75) is 69.6 Å². The number of carbonyl (C=O) groups is 1. The third kappa shape index (κ3) is 4.87. The van der Waals surface area contributed by atoms with Crippen LogP contribution in [0.1, 0.15) is 82.7 Å². The Balaban J connectivity index is 1.02. The second kappa shape index (κ2) is 10.2. The molecule has 2 unspecified atom stereocenters. The van der Waals surface area contributed by atoms with Crippen molar-refractivity contribution in [3.8, 4) is 11.9 Å². The van der Waals surface area contributed by atoms with E-state index in [1.165, 1.54) is 17.4 Å². The van der Waals surface area contributed by atoms with Gasteiger partial charge in [-0.2, -0.15) is 5.26 Å². The lowest BCUT2D eigenvalue weighted by Gasteiger charge is -2.30. The number of nitriles is 1. The predicted octanol–water partition coefficient (Wildman–Crippen LogP) is 6.40. The van der Waals surface area contributed by atoms with Crippen molar-refractivity contribution in [3.63, 3.8) is 0 Å². The van der Waals surface area contributed by atoms with E-state index in [-0.39, 0.29) is 23.7 Å². The smallest absolute Gasteiger partial charge is 0.346 e. The van der Waals surface area contributed by atoms with Crippen molar-refractivity contribution >= 4 is 27.7 Å². The van der Waals surface area contributed by atoms with E-state index >= 15 is 0 Å². The van der Waals surface area contributed by atoms with Crippen molar-refractivity contribution in [1.82, 2.24) is 14.5 Å². The van der Waals surface area contributed by atoms with Crippen LogP contribution in [0.15, 0.2) is 42.5 Å². The molecule has 1 aliphatic heterocycles. The van der Waals surface area contributed by atoms with Crippen LogP contribution in [-0.2, 0) is 17.9 Å². The fourth-order valence-corrected chi connectivity index (χ4v) is 7.39. The van der Waals surface area contributed by atoms with Crippen molar-refractivity contribution in [3.05, 3.63) is 75.8 Å². The van der Waals surface area contributed by atoms with E-state index in [2.05, 4.69) is 4.57 Å². The molecule has 1 aromatic carbocycles. The van der Waals surface area contributed by atoms with Crippen LogP contribution in [-0.4, -0.2) is 38.3 Å². The first kappa shape index (κ1) is 26.1. The average molecular weight is 573 g/mol. The molecule has 3 fully saturated rings. The predicted molar refractivity (Wildman–Crippen MR) is 150 cm³/mol. The number of rotatable bonds is 8. The summed E-state index contributed by atoms with van der Waals surface area (Å²) in [6.45, 7) is 1.55. The molecule has 0 radical (unpaired) electrons. The summed E-state index contributed by atoms with van der Waals surface area (Å²) in [6, 6.07) is 13.8. The van der Waals surface area contributed by atoms with E-state index in [9.17, 15) is 14.3 Å². The maximum Gasteiger partial charge on any atom is 0.346 e. The molecule has 2 aliphatic carbocycles. The highest BCUT2D eigenvalue weighted by atomic mass is 32.1. The molecule has 1 spiro atoms. The number of thiophene rings is 1. The Morgan fingerprint density at radius 1 is 1.22 bits per heavy atom. The number of fused-ring (bicyclic) bond motifs is 1. The van der Waals surface area contributed by atoms with Gasteiger partial charge < -0.3 is 19.1 Å². The molecule has 3 aromatic heterocycles. The second-order valence-corrected chi connectivity index (χ2v) is 12.5. The summed E-state index contributed by atoms with van der Waals surface area (Å²) in [5.74, 6) is 0.896. The molecule has 1 saturated heterocycles. The molecule has 2 atom stereocenters. The fourth-order valence-electron chi connectivity index (χ4n) is 6.51. The van der Waals surface area contributed by atoms with Gasteiger partial charge in [0, 0.05) is 35.8 Å². The van der Waals surface area contributed by atoms with E-state index in [0.717, 1.165) is 73.5 Å². The zero-order valence-corrected chi connectivity index (χ0v) is 23.2. The fraction of sp³-hybridized carbons (Fsp3) is 0.419. The molecular formula is C31H29FN4O4S. The molecule has 1 N–H and O–H groups in total. The minimum absolute atomic E-state index is 0.0490. The van der Waals surface area contributed by atoms with Gasteiger partial charge in [0.2, 0.25) is 5.88 Å². The molecule has 2 saturated carbocycles. The first-order valence-electron chi connectivity index (χ1n) is 14.1. The Morgan fingerprint density at radius 2 is 2.05 bits per heavy atom. The molecule has 4 aromatic rings. The summed E-state index contributed by atoms with van der Waals surface area (Å²) in [5.41, 5.74) is 2.81. The average Bonchev–Trinajstić information content (AvgIpc) is 3.30. The Kier molecular flexibility index (Phi) is 6.51. The van der Waals surface area contributed by atoms with Gasteiger partial charge in [-0.05, 0) is 68.2 Å². The number of halogens is 1. The second-order valence-electron chi connectivity index (χ2n) is 11.5. The van der Waals surface area contributed by atoms with Crippen molar-refractivity contribution < 1.29 is 23.8 Å². The minimum Gasteiger partial charge on any atom is -0.477 e. The highest BCUT2D eigenvalue weighted by molar-refractivity contribution is 7.20. The molecule has 210 valence electrons. The molecule has 0 amide bonds. The van der Waals surface area contributed by atoms with Gasteiger partial charge in [-0.3, -0.25) is 0 Å². The van der Waals surface area contributed by atoms with Gasteiger partial charge in [0.25, 0.3) is 0 Å². The molecule has 10 heteroatoms. The molecule has 7 rings (SSSR count). The Bertz CT molecular complexity index is 1680. The first-order valence-corrected chi connectivity index (χ1v) is 14.9. The van der Waals surface area contributed by atoms with Crippen LogP contribution >= 0.6 is 11.3 Å². The number of ether oxygens (including phenoxy) is 2. The monoisotopic (exact) mass is 572 g/mol.